The van der Waals surface area contributed by atoms with Gasteiger partial charge in [-0.15, -0.1) is 0 Å². The lowest BCUT2D eigenvalue weighted by molar-refractivity contribution is -0.122. The summed E-state index contributed by atoms with van der Waals surface area (Å²) >= 11 is 0. The lowest BCUT2D eigenvalue weighted by Gasteiger charge is -2.26. The molecule has 0 aromatic heterocycles. The zero-order valence-electron chi connectivity index (χ0n) is 16.3. The number of phenolic OH excluding ortho intramolecular Hbond substituents is 1. The number of urea groups is 1. The summed E-state index contributed by atoms with van der Waals surface area (Å²) in [6.45, 7) is 0.384. The van der Waals surface area contributed by atoms with Gasteiger partial charge in [-0.05, 0) is 53.6 Å². The van der Waals surface area contributed by atoms with Crippen molar-refractivity contribution >= 4 is 29.6 Å². The second kappa shape index (κ2) is 8.54. The van der Waals surface area contributed by atoms with Crippen LogP contribution in [0.3, 0.4) is 0 Å². The van der Waals surface area contributed by atoms with Gasteiger partial charge in [0.15, 0.2) is 0 Å². The molecule has 0 saturated carbocycles. The first-order valence-electron chi connectivity index (χ1n) is 9.48. The van der Waals surface area contributed by atoms with Crippen molar-refractivity contribution in [2.45, 2.75) is 6.61 Å². The Morgan fingerprint density at radius 2 is 1.65 bits per heavy atom. The summed E-state index contributed by atoms with van der Waals surface area (Å²) in [5.41, 5.74) is 1.55. The molecule has 7 heteroatoms. The maximum Gasteiger partial charge on any atom is 0.335 e. The number of barbiturate groups is 1. The van der Waals surface area contributed by atoms with Crippen LogP contribution in [0.5, 0.6) is 11.5 Å². The van der Waals surface area contributed by atoms with Crippen molar-refractivity contribution in [2.24, 2.45) is 0 Å². The molecular formula is C24H18N2O5. The van der Waals surface area contributed by atoms with Gasteiger partial charge in [0.2, 0.25) is 0 Å². The average molecular weight is 414 g/mol. The molecule has 31 heavy (non-hydrogen) atoms. The zero-order valence-corrected chi connectivity index (χ0v) is 16.3. The molecule has 1 fully saturated rings. The van der Waals surface area contributed by atoms with Crippen molar-refractivity contribution in [1.82, 2.24) is 5.32 Å². The van der Waals surface area contributed by atoms with Crippen molar-refractivity contribution in [1.29, 1.82) is 0 Å². The molecule has 3 aromatic rings. The Bertz CT molecular complexity index is 1170. The molecule has 154 valence electrons. The molecule has 1 heterocycles. The van der Waals surface area contributed by atoms with Crippen molar-refractivity contribution in [3.63, 3.8) is 0 Å². The molecule has 7 nitrogen and oxygen atoms in total. The molecule has 1 aliphatic rings. The lowest BCUT2D eigenvalue weighted by atomic mass is 10.1. The predicted octanol–water partition coefficient (Wildman–Crippen LogP) is 3.64. The summed E-state index contributed by atoms with van der Waals surface area (Å²) in [5.74, 6) is -0.978. The second-order valence-corrected chi connectivity index (χ2v) is 6.82. The minimum atomic E-state index is -0.832. The van der Waals surface area contributed by atoms with Gasteiger partial charge < -0.3 is 9.84 Å². The number of carbonyl (C=O) groups excluding carboxylic acids is 3. The van der Waals surface area contributed by atoms with E-state index >= 15 is 0 Å². The minimum Gasteiger partial charge on any atom is -0.508 e. The molecule has 3 aromatic carbocycles. The molecule has 0 spiro atoms. The fourth-order valence-electron chi connectivity index (χ4n) is 3.11. The lowest BCUT2D eigenvalue weighted by Crippen LogP contribution is -2.54. The average Bonchev–Trinajstić information content (AvgIpc) is 2.77. The highest BCUT2D eigenvalue weighted by molar-refractivity contribution is 6.39. The van der Waals surface area contributed by atoms with Gasteiger partial charge in [0.25, 0.3) is 11.8 Å². The Morgan fingerprint density at radius 3 is 2.35 bits per heavy atom. The number of rotatable bonds is 5. The van der Waals surface area contributed by atoms with E-state index < -0.39 is 17.8 Å². The van der Waals surface area contributed by atoms with Crippen LogP contribution in [0.2, 0.25) is 0 Å². The second-order valence-electron chi connectivity index (χ2n) is 6.82. The molecule has 0 radical (unpaired) electrons. The first-order valence-corrected chi connectivity index (χ1v) is 9.48. The summed E-state index contributed by atoms with van der Waals surface area (Å²) in [4.78, 5) is 38.4. The van der Waals surface area contributed by atoms with E-state index in [0.29, 0.717) is 23.6 Å². The van der Waals surface area contributed by atoms with Crippen LogP contribution in [-0.4, -0.2) is 23.0 Å². The van der Waals surface area contributed by atoms with Gasteiger partial charge in [-0.2, -0.15) is 0 Å². The number of imide groups is 2. The monoisotopic (exact) mass is 414 g/mol. The van der Waals surface area contributed by atoms with Crippen LogP contribution in [-0.2, 0) is 16.2 Å². The third-order valence-electron chi connectivity index (χ3n) is 4.63. The Hall–Kier alpha value is -4.39. The third-order valence-corrected chi connectivity index (χ3v) is 4.63. The van der Waals surface area contributed by atoms with E-state index in [1.807, 2.05) is 30.3 Å². The summed E-state index contributed by atoms with van der Waals surface area (Å²) in [6, 6.07) is 21.4. The van der Waals surface area contributed by atoms with Gasteiger partial charge >= 0.3 is 6.03 Å². The molecule has 1 saturated heterocycles. The molecule has 0 unspecified atom stereocenters. The molecule has 0 atom stereocenters. The number of benzene rings is 3. The largest absolute Gasteiger partial charge is 0.508 e. The molecule has 1 aliphatic heterocycles. The SMILES string of the molecule is O=C1NC(=O)N(c2ccc(OCc3ccccc3)cc2)C(=O)C1=Cc1cccc(O)c1. The van der Waals surface area contributed by atoms with E-state index in [0.717, 1.165) is 10.5 Å². The number of amides is 4. The maximum atomic E-state index is 12.9. The van der Waals surface area contributed by atoms with E-state index in [9.17, 15) is 19.5 Å². The van der Waals surface area contributed by atoms with E-state index in [4.69, 9.17) is 4.74 Å². The number of carbonyl (C=O) groups is 3. The van der Waals surface area contributed by atoms with E-state index in [1.165, 1.54) is 18.2 Å². The van der Waals surface area contributed by atoms with Crippen LogP contribution in [0.1, 0.15) is 11.1 Å². The zero-order chi connectivity index (χ0) is 21.8. The first kappa shape index (κ1) is 19.9. The number of phenols is 1. The molecule has 4 rings (SSSR count). The van der Waals surface area contributed by atoms with Gasteiger partial charge in [-0.3, -0.25) is 14.9 Å². The fraction of sp³-hybridized carbons (Fsp3) is 0.0417. The molecule has 0 aliphatic carbocycles. The highest BCUT2D eigenvalue weighted by Crippen LogP contribution is 2.25. The van der Waals surface area contributed by atoms with Gasteiger partial charge in [0, 0.05) is 0 Å². The minimum absolute atomic E-state index is 0.00274. The van der Waals surface area contributed by atoms with Gasteiger partial charge in [-0.1, -0.05) is 42.5 Å². The van der Waals surface area contributed by atoms with Crippen LogP contribution in [0.25, 0.3) is 6.08 Å². The summed E-state index contributed by atoms with van der Waals surface area (Å²) in [5, 5.41) is 11.8. The smallest absolute Gasteiger partial charge is 0.335 e. The highest BCUT2D eigenvalue weighted by atomic mass is 16.5. The number of hydrogen-bond acceptors (Lipinski definition) is 5. The Morgan fingerprint density at radius 1 is 0.903 bits per heavy atom. The van der Waals surface area contributed by atoms with Gasteiger partial charge in [0.05, 0.1) is 5.69 Å². The molecule has 0 bridgehead atoms. The van der Waals surface area contributed by atoms with Crippen molar-refractivity contribution in [2.75, 3.05) is 4.90 Å². The van der Waals surface area contributed by atoms with Crippen LogP contribution in [0.4, 0.5) is 10.5 Å². The van der Waals surface area contributed by atoms with Crippen molar-refractivity contribution < 1.29 is 24.2 Å². The standard InChI is InChI=1S/C24H18N2O5/c27-19-8-4-7-17(13-19)14-21-22(28)25-24(30)26(23(21)29)18-9-11-20(12-10-18)31-15-16-5-2-1-3-6-16/h1-14,27H,15H2,(H,25,28,30). The number of anilines is 1. The fourth-order valence-corrected chi connectivity index (χ4v) is 3.11. The Balaban J connectivity index is 1.54. The van der Waals surface area contributed by atoms with E-state index in [-0.39, 0.29) is 11.3 Å². The number of aromatic hydroxyl groups is 1. The Kier molecular flexibility index (Phi) is 5.49. The Labute approximate surface area is 178 Å². The number of ether oxygens (including phenoxy) is 1. The summed E-state index contributed by atoms with van der Waals surface area (Å²) in [7, 11) is 0. The van der Waals surface area contributed by atoms with Crippen LogP contribution < -0.4 is 15.0 Å². The normalized spacial score (nSPS) is 15.2. The third kappa shape index (κ3) is 4.45. The molecule has 2 N–H and O–H groups in total. The van der Waals surface area contributed by atoms with Crippen LogP contribution in [0, 0.1) is 0 Å². The topological polar surface area (TPSA) is 95.9 Å². The van der Waals surface area contributed by atoms with Crippen molar-refractivity contribution in [3.05, 3.63) is 95.6 Å². The number of nitrogens with one attached hydrogen (secondary N) is 1. The summed E-state index contributed by atoms with van der Waals surface area (Å²) in [6.07, 6.45) is 1.33. The van der Waals surface area contributed by atoms with Gasteiger partial charge in [0.1, 0.15) is 23.7 Å². The van der Waals surface area contributed by atoms with E-state index in [1.54, 1.807) is 36.4 Å². The highest BCUT2D eigenvalue weighted by Gasteiger charge is 2.36. The van der Waals surface area contributed by atoms with Gasteiger partial charge in [-0.25, -0.2) is 9.69 Å². The van der Waals surface area contributed by atoms with Crippen LogP contribution >= 0.6 is 0 Å². The van der Waals surface area contributed by atoms with E-state index in [2.05, 4.69) is 5.32 Å². The van der Waals surface area contributed by atoms with Crippen molar-refractivity contribution in [3.8, 4) is 11.5 Å². The first-order chi connectivity index (χ1) is 15.0. The predicted molar refractivity (Wildman–Crippen MR) is 114 cm³/mol. The molecule has 4 amide bonds. The number of hydrogen-bond donors (Lipinski definition) is 2. The number of nitrogens with zero attached hydrogens (tertiary/aromatic N) is 1. The van der Waals surface area contributed by atoms with Crippen LogP contribution in [0.15, 0.2) is 84.4 Å². The quantitative estimate of drug-likeness (QED) is 0.491. The summed E-state index contributed by atoms with van der Waals surface area (Å²) < 4.78 is 5.72. The molecular weight excluding hydrogens is 396 g/mol. The maximum absolute atomic E-state index is 12.9.